The third kappa shape index (κ3) is 1.90. The molecule has 0 aliphatic carbocycles. The predicted octanol–water partition coefficient (Wildman–Crippen LogP) is 2.00. The molecule has 2 unspecified atom stereocenters. The fraction of sp³-hybridized carbons (Fsp3) is 0.385. The third-order valence-corrected chi connectivity index (χ3v) is 3.19. The van der Waals surface area contributed by atoms with Crippen LogP contribution in [0.2, 0.25) is 0 Å². The maximum atomic E-state index is 13.4. The largest absolute Gasteiger partial charge is 0.321 e. The van der Waals surface area contributed by atoms with Gasteiger partial charge in [0.15, 0.2) is 5.82 Å². The number of halogens is 1. The van der Waals surface area contributed by atoms with E-state index in [1.54, 1.807) is 4.68 Å². The van der Waals surface area contributed by atoms with Crippen LogP contribution < -0.4 is 5.73 Å². The second kappa shape index (κ2) is 4.17. The van der Waals surface area contributed by atoms with Crippen LogP contribution in [0, 0.1) is 6.92 Å². The molecule has 5 heteroatoms. The van der Waals surface area contributed by atoms with Crippen LogP contribution in [0.25, 0.3) is 11.4 Å². The van der Waals surface area contributed by atoms with Crippen LogP contribution in [0.5, 0.6) is 0 Å². The minimum atomic E-state index is -0.931. The van der Waals surface area contributed by atoms with Gasteiger partial charge in [-0.2, -0.15) is 5.10 Å². The third-order valence-electron chi connectivity index (χ3n) is 3.19. The molecule has 1 aliphatic heterocycles. The van der Waals surface area contributed by atoms with Gasteiger partial charge in [-0.3, -0.25) is 0 Å². The van der Waals surface area contributed by atoms with Gasteiger partial charge in [0.2, 0.25) is 0 Å². The van der Waals surface area contributed by atoms with Crippen molar-refractivity contribution in [3.63, 3.8) is 0 Å². The summed E-state index contributed by atoms with van der Waals surface area (Å²) in [6, 6.07) is 7.58. The normalized spacial score (nSPS) is 22.8. The molecule has 2 atom stereocenters. The van der Waals surface area contributed by atoms with Crippen LogP contribution in [0.15, 0.2) is 24.3 Å². The first-order valence-corrected chi connectivity index (χ1v) is 6.05. The van der Waals surface area contributed by atoms with Crippen LogP contribution in [-0.2, 0) is 6.54 Å². The van der Waals surface area contributed by atoms with Crippen molar-refractivity contribution in [1.82, 2.24) is 14.8 Å². The molecule has 2 N–H and O–H groups in total. The van der Waals surface area contributed by atoms with Crippen LogP contribution in [-0.4, -0.2) is 20.9 Å². The summed E-state index contributed by atoms with van der Waals surface area (Å²) in [6.45, 7) is 2.27. The first kappa shape index (κ1) is 11.3. The molecule has 94 valence electrons. The lowest BCUT2D eigenvalue weighted by molar-refractivity contribution is 0.220. The standard InChI is InChI=1S/C13H15FN4/c1-8-3-2-4-9(5-8)12-16-13-11(15)6-10(14)7-18(13)17-12/h2-5,10-11H,6-7,15H2,1H3. The van der Waals surface area contributed by atoms with E-state index in [9.17, 15) is 4.39 Å². The number of hydrogen-bond donors (Lipinski definition) is 1. The summed E-state index contributed by atoms with van der Waals surface area (Å²) < 4.78 is 15.0. The van der Waals surface area contributed by atoms with Gasteiger partial charge in [-0.1, -0.05) is 23.8 Å². The monoisotopic (exact) mass is 246 g/mol. The van der Waals surface area contributed by atoms with Crippen molar-refractivity contribution < 1.29 is 4.39 Å². The Balaban J connectivity index is 2.03. The van der Waals surface area contributed by atoms with Crippen molar-refractivity contribution in [2.75, 3.05) is 0 Å². The smallest absolute Gasteiger partial charge is 0.181 e. The fourth-order valence-electron chi connectivity index (χ4n) is 2.31. The Bertz CT molecular complexity index is 578. The van der Waals surface area contributed by atoms with Gasteiger partial charge >= 0.3 is 0 Å². The van der Waals surface area contributed by atoms with Gasteiger partial charge in [0.25, 0.3) is 0 Å². The van der Waals surface area contributed by atoms with E-state index in [0.717, 1.165) is 11.1 Å². The van der Waals surface area contributed by atoms with Gasteiger partial charge < -0.3 is 5.73 Å². The molecule has 0 amide bonds. The van der Waals surface area contributed by atoms with E-state index in [2.05, 4.69) is 10.1 Å². The number of nitrogens with zero attached hydrogens (tertiary/aromatic N) is 3. The van der Waals surface area contributed by atoms with Crippen molar-refractivity contribution in [2.24, 2.45) is 5.73 Å². The maximum absolute atomic E-state index is 13.4. The van der Waals surface area contributed by atoms with Crippen LogP contribution in [0.4, 0.5) is 4.39 Å². The molecule has 2 aromatic rings. The molecule has 1 aromatic heterocycles. The number of fused-ring (bicyclic) bond motifs is 1. The highest BCUT2D eigenvalue weighted by molar-refractivity contribution is 5.55. The molecule has 0 spiro atoms. The van der Waals surface area contributed by atoms with E-state index in [1.165, 1.54) is 0 Å². The van der Waals surface area contributed by atoms with Gasteiger partial charge in [-0.25, -0.2) is 14.1 Å². The van der Waals surface area contributed by atoms with E-state index in [4.69, 9.17) is 5.73 Å². The van der Waals surface area contributed by atoms with E-state index in [0.29, 0.717) is 18.1 Å². The Labute approximate surface area is 105 Å². The molecule has 1 aliphatic rings. The van der Waals surface area contributed by atoms with Crippen LogP contribution in [0.3, 0.4) is 0 Å². The number of hydrogen-bond acceptors (Lipinski definition) is 3. The first-order chi connectivity index (χ1) is 8.63. The fourth-order valence-corrected chi connectivity index (χ4v) is 2.31. The summed E-state index contributed by atoms with van der Waals surface area (Å²) in [6.07, 6.45) is -0.606. The highest BCUT2D eigenvalue weighted by Crippen LogP contribution is 2.26. The molecule has 0 saturated carbocycles. The van der Waals surface area contributed by atoms with E-state index >= 15 is 0 Å². The van der Waals surface area contributed by atoms with Crippen molar-refractivity contribution in [2.45, 2.75) is 32.1 Å². The van der Waals surface area contributed by atoms with Gasteiger partial charge in [-0.15, -0.1) is 0 Å². The molecular weight excluding hydrogens is 231 g/mol. The van der Waals surface area contributed by atoms with Gasteiger partial charge in [-0.05, 0) is 13.0 Å². The Hall–Kier alpha value is -1.75. The Morgan fingerprint density at radius 2 is 2.28 bits per heavy atom. The second-order valence-electron chi connectivity index (χ2n) is 4.78. The van der Waals surface area contributed by atoms with Crippen molar-refractivity contribution in [1.29, 1.82) is 0 Å². The SMILES string of the molecule is Cc1cccc(-c2nc3n(n2)CC(F)CC3N)c1. The topological polar surface area (TPSA) is 56.7 Å². The lowest BCUT2D eigenvalue weighted by atomic mass is 10.1. The minimum absolute atomic E-state index is 0.252. The lowest BCUT2D eigenvalue weighted by Crippen LogP contribution is -2.30. The summed E-state index contributed by atoms with van der Waals surface area (Å²) in [5, 5.41) is 4.35. The number of aromatic nitrogens is 3. The molecular formula is C13H15FN4. The van der Waals surface area contributed by atoms with E-state index < -0.39 is 6.17 Å². The molecule has 3 rings (SSSR count). The molecule has 18 heavy (non-hydrogen) atoms. The van der Waals surface area contributed by atoms with Gasteiger partial charge in [0.05, 0.1) is 12.6 Å². The zero-order chi connectivity index (χ0) is 12.7. The lowest BCUT2D eigenvalue weighted by Gasteiger charge is -2.21. The van der Waals surface area contributed by atoms with E-state index in [1.807, 2.05) is 31.2 Å². The highest BCUT2D eigenvalue weighted by atomic mass is 19.1. The van der Waals surface area contributed by atoms with Gasteiger partial charge in [0, 0.05) is 12.0 Å². The van der Waals surface area contributed by atoms with Crippen LogP contribution in [0.1, 0.15) is 23.9 Å². The number of nitrogens with two attached hydrogens (primary N) is 1. The molecule has 4 nitrogen and oxygen atoms in total. The Morgan fingerprint density at radius 1 is 1.44 bits per heavy atom. The molecule has 1 aromatic carbocycles. The quantitative estimate of drug-likeness (QED) is 0.837. The van der Waals surface area contributed by atoms with Crippen molar-refractivity contribution >= 4 is 0 Å². The molecule has 0 fully saturated rings. The minimum Gasteiger partial charge on any atom is -0.321 e. The average Bonchev–Trinajstić information content (AvgIpc) is 2.73. The second-order valence-corrected chi connectivity index (χ2v) is 4.78. The number of alkyl halides is 1. The molecule has 0 bridgehead atoms. The molecule has 0 radical (unpaired) electrons. The van der Waals surface area contributed by atoms with Gasteiger partial charge in [0.1, 0.15) is 12.0 Å². The zero-order valence-corrected chi connectivity index (χ0v) is 10.2. The zero-order valence-electron chi connectivity index (χ0n) is 10.2. The average molecular weight is 246 g/mol. The summed E-state index contributed by atoms with van der Waals surface area (Å²) in [4.78, 5) is 4.44. The van der Waals surface area contributed by atoms with Crippen molar-refractivity contribution in [3.05, 3.63) is 35.7 Å². The Morgan fingerprint density at radius 3 is 3.06 bits per heavy atom. The number of rotatable bonds is 1. The highest BCUT2D eigenvalue weighted by Gasteiger charge is 2.27. The summed E-state index contributed by atoms with van der Waals surface area (Å²) in [7, 11) is 0. The molecule has 0 saturated heterocycles. The first-order valence-electron chi connectivity index (χ1n) is 6.05. The number of benzene rings is 1. The Kier molecular flexibility index (Phi) is 2.63. The van der Waals surface area contributed by atoms with E-state index in [-0.39, 0.29) is 12.6 Å². The molecule has 2 heterocycles. The summed E-state index contributed by atoms with van der Waals surface area (Å²) in [5.41, 5.74) is 7.98. The maximum Gasteiger partial charge on any atom is 0.181 e. The number of aryl methyl sites for hydroxylation is 1. The predicted molar refractivity (Wildman–Crippen MR) is 66.6 cm³/mol. The summed E-state index contributed by atoms with van der Waals surface area (Å²) >= 11 is 0. The summed E-state index contributed by atoms with van der Waals surface area (Å²) in [5.74, 6) is 1.30. The van der Waals surface area contributed by atoms with Crippen LogP contribution >= 0.6 is 0 Å². The van der Waals surface area contributed by atoms with Crippen molar-refractivity contribution in [3.8, 4) is 11.4 Å².